The van der Waals surface area contributed by atoms with Crippen molar-refractivity contribution in [1.29, 1.82) is 0 Å². The molecule has 1 unspecified atom stereocenters. The summed E-state index contributed by atoms with van der Waals surface area (Å²) in [5, 5.41) is 10.1. The van der Waals surface area contributed by atoms with E-state index >= 15 is 0 Å². The summed E-state index contributed by atoms with van der Waals surface area (Å²) in [6.45, 7) is 2.01. The van der Waals surface area contributed by atoms with Crippen LogP contribution >= 0.6 is 23.2 Å². The van der Waals surface area contributed by atoms with Gasteiger partial charge in [-0.25, -0.2) is 0 Å². The van der Waals surface area contributed by atoms with E-state index < -0.39 is 5.97 Å². The van der Waals surface area contributed by atoms with Gasteiger partial charge in [0, 0.05) is 23.7 Å². The molecule has 1 aromatic carbocycles. The Morgan fingerprint density at radius 1 is 1.50 bits per heavy atom. The van der Waals surface area contributed by atoms with Crippen molar-refractivity contribution in [3.63, 3.8) is 0 Å². The fourth-order valence-electron chi connectivity index (χ4n) is 2.60. The van der Waals surface area contributed by atoms with Crippen molar-refractivity contribution in [2.45, 2.75) is 19.4 Å². The average Bonchev–Trinajstić information content (AvgIpc) is 2.38. The molecule has 0 aromatic heterocycles. The van der Waals surface area contributed by atoms with E-state index in [4.69, 9.17) is 33.0 Å². The molecule has 1 N–H and O–H groups in total. The van der Waals surface area contributed by atoms with Crippen molar-refractivity contribution in [1.82, 2.24) is 4.90 Å². The SMILES string of the molecule is COc1c(Cl)cc(Cl)cc1CN1CCCC(C(=O)O)C1. The van der Waals surface area contributed by atoms with Crippen molar-refractivity contribution in [2.24, 2.45) is 5.92 Å². The first-order valence-corrected chi connectivity index (χ1v) is 7.24. The van der Waals surface area contributed by atoms with Crippen molar-refractivity contribution in [2.75, 3.05) is 20.2 Å². The smallest absolute Gasteiger partial charge is 0.307 e. The van der Waals surface area contributed by atoms with E-state index in [1.807, 2.05) is 6.07 Å². The van der Waals surface area contributed by atoms with Gasteiger partial charge in [-0.2, -0.15) is 0 Å². The second-order valence-electron chi connectivity index (χ2n) is 4.99. The van der Waals surface area contributed by atoms with Crippen LogP contribution in [0.5, 0.6) is 5.75 Å². The summed E-state index contributed by atoms with van der Waals surface area (Å²) in [5.74, 6) is -0.427. The van der Waals surface area contributed by atoms with E-state index in [2.05, 4.69) is 4.90 Å². The molecule has 2 rings (SSSR count). The predicted octanol–water partition coefficient (Wildman–Crippen LogP) is 3.30. The Morgan fingerprint density at radius 2 is 2.25 bits per heavy atom. The summed E-state index contributed by atoms with van der Waals surface area (Å²) in [6, 6.07) is 3.46. The summed E-state index contributed by atoms with van der Waals surface area (Å²) in [4.78, 5) is 13.2. The third kappa shape index (κ3) is 3.57. The van der Waals surface area contributed by atoms with Gasteiger partial charge in [0.1, 0.15) is 5.75 Å². The van der Waals surface area contributed by atoms with Gasteiger partial charge in [-0.3, -0.25) is 9.69 Å². The van der Waals surface area contributed by atoms with Gasteiger partial charge in [0.05, 0.1) is 18.1 Å². The quantitative estimate of drug-likeness (QED) is 0.925. The number of ether oxygens (including phenoxy) is 1. The van der Waals surface area contributed by atoms with E-state index in [0.29, 0.717) is 28.9 Å². The highest BCUT2D eigenvalue weighted by Crippen LogP contribution is 2.33. The summed E-state index contributed by atoms with van der Waals surface area (Å²) in [6.07, 6.45) is 1.62. The summed E-state index contributed by atoms with van der Waals surface area (Å²) >= 11 is 12.1. The number of nitrogens with zero attached hydrogens (tertiary/aromatic N) is 1. The fourth-order valence-corrected chi connectivity index (χ4v) is 3.21. The third-order valence-electron chi connectivity index (χ3n) is 3.54. The molecule has 1 aliphatic heterocycles. The lowest BCUT2D eigenvalue weighted by Crippen LogP contribution is -2.38. The van der Waals surface area contributed by atoms with E-state index in [-0.39, 0.29) is 5.92 Å². The van der Waals surface area contributed by atoms with E-state index in [1.165, 1.54) is 0 Å². The lowest BCUT2D eigenvalue weighted by atomic mass is 9.98. The maximum absolute atomic E-state index is 11.1. The Bertz CT molecular complexity index is 507. The van der Waals surface area contributed by atoms with Crippen LogP contribution in [-0.4, -0.2) is 36.2 Å². The van der Waals surface area contributed by atoms with Crippen LogP contribution in [0, 0.1) is 5.92 Å². The maximum Gasteiger partial charge on any atom is 0.307 e. The number of methoxy groups -OCH3 is 1. The van der Waals surface area contributed by atoms with Gasteiger partial charge in [0.2, 0.25) is 0 Å². The first-order valence-electron chi connectivity index (χ1n) is 6.48. The molecule has 0 amide bonds. The number of benzene rings is 1. The van der Waals surface area contributed by atoms with Crippen LogP contribution in [0.25, 0.3) is 0 Å². The average molecular weight is 318 g/mol. The number of aliphatic carboxylic acids is 1. The van der Waals surface area contributed by atoms with E-state index in [1.54, 1.807) is 13.2 Å². The Labute approximate surface area is 128 Å². The summed E-state index contributed by atoms with van der Waals surface area (Å²) in [7, 11) is 1.56. The van der Waals surface area contributed by atoms with Crippen molar-refractivity contribution in [3.8, 4) is 5.75 Å². The largest absolute Gasteiger partial charge is 0.495 e. The zero-order valence-electron chi connectivity index (χ0n) is 11.2. The number of rotatable bonds is 4. The molecule has 0 spiro atoms. The van der Waals surface area contributed by atoms with Gasteiger partial charge < -0.3 is 9.84 Å². The highest BCUT2D eigenvalue weighted by molar-refractivity contribution is 6.35. The maximum atomic E-state index is 11.1. The minimum atomic E-state index is -0.731. The molecule has 1 heterocycles. The second-order valence-corrected chi connectivity index (χ2v) is 5.84. The molecule has 1 fully saturated rings. The Morgan fingerprint density at radius 3 is 2.90 bits per heavy atom. The highest BCUT2D eigenvalue weighted by atomic mass is 35.5. The Hall–Kier alpha value is -0.970. The number of carbonyl (C=O) groups is 1. The van der Waals surface area contributed by atoms with Gasteiger partial charge in [-0.15, -0.1) is 0 Å². The molecular formula is C14H17Cl2NO3. The molecule has 1 atom stereocenters. The molecule has 4 nitrogen and oxygen atoms in total. The fraction of sp³-hybridized carbons (Fsp3) is 0.500. The van der Waals surface area contributed by atoms with Crippen molar-refractivity contribution < 1.29 is 14.6 Å². The number of piperidine rings is 1. The molecule has 0 saturated carbocycles. The molecule has 1 aliphatic rings. The van der Waals surface area contributed by atoms with Gasteiger partial charge in [0.15, 0.2) is 0 Å². The summed E-state index contributed by atoms with van der Waals surface area (Å²) < 4.78 is 5.31. The Kier molecular flexibility index (Phi) is 5.13. The molecule has 20 heavy (non-hydrogen) atoms. The van der Waals surface area contributed by atoms with Crippen molar-refractivity contribution >= 4 is 29.2 Å². The zero-order chi connectivity index (χ0) is 14.7. The number of halogens is 2. The third-order valence-corrected chi connectivity index (χ3v) is 4.04. The number of likely N-dealkylation sites (tertiary alicyclic amines) is 1. The lowest BCUT2D eigenvalue weighted by Gasteiger charge is -2.31. The van der Waals surface area contributed by atoms with Gasteiger partial charge in [-0.1, -0.05) is 23.2 Å². The molecule has 6 heteroatoms. The van der Waals surface area contributed by atoms with E-state index in [0.717, 1.165) is 24.9 Å². The van der Waals surface area contributed by atoms with Gasteiger partial charge >= 0.3 is 5.97 Å². The predicted molar refractivity (Wildman–Crippen MR) is 78.7 cm³/mol. The van der Waals surface area contributed by atoms with E-state index in [9.17, 15) is 4.79 Å². The van der Waals surface area contributed by atoms with Crippen LogP contribution < -0.4 is 4.74 Å². The van der Waals surface area contributed by atoms with Crippen LogP contribution in [0.3, 0.4) is 0 Å². The topological polar surface area (TPSA) is 49.8 Å². The number of hydrogen-bond donors (Lipinski definition) is 1. The van der Waals surface area contributed by atoms with Crippen LogP contribution in [0.2, 0.25) is 10.0 Å². The first-order chi connectivity index (χ1) is 9.51. The first kappa shape index (κ1) is 15.4. The van der Waals surface area contributed by atoms with Gasteiger partial charge in [0.25, 0.3) is 0 Å². The number of hydrogen-bond acceptors (Lipinski definition) is 3. The minimum absolute atomic E-state index is 0.301. The normalized spacial score (nSPS) is 19.9. The molecule has 0 aliphatic carbocycles. The molecule has 1 saturated heterocycles. The van der Waals surface area contributed by atoms with Crippen LogP contribution in [0.1, 0.15) is 18.4 Å². The second kappa shape index (κ2) is 6.66. The minimum Gasteiger partial charge on any atom is -0.495 e. The van der Waals surface area contributed by atoms with Crippen molar-refractivity contribution in [3.05, 3.63) is 27.7 Å². The van der Waals surface area contributed by atoms with Crippen LogP contribution in [0.15, 0.2) is 12.1 Å². The zero-order valence-corrected chi connectivity index (χ0v) is 12.7. The highest BCUT2D eigenvalue weighted by Gasteiger charge is 2.26. The number of carboxylic acid groups (broad SMARTS) is 1. The van der Waals surface area contributed by atoms with Crippen LogP contribution in [-0.2, 0) is 11.3 Å². The number of carboxylic acids is 1. The Balaban J connectivity index is 2.15. The summed E-state index contributed by atoms with van der Waals surface area (Å²) in [5.41, 5.74) is 0.885. The molecular weight excluding hydrogens is 301 g/mol. The molecule has 110 valence electrons. The van der Waals surface area contributed by atoms with Crippen LogP contribution in [0.4, 0.5) is 0 Å². The molecule has 0 radical (unpaired) electrons. The van der Waals surface area contributed by atoms with Gasteiger partial charge in [-0.05, 0) is 31.5 Å². The molecule has 1 aromatic rings. The monoisotopic (exact) mass is 317 g/mol. The molecule has 0 bridgehead atoms. The lowest BCUT2D eigenvalue weighted by molar-refractivity contribution is -0.143. The standard InChI is InChI=1S/C14H17Cl2NO3/c1-20-13-10(5-11(15)6-12(13)16)8-17-4-2-3-9(7-17)14(18)19/h5-6,9H,2-4,7-8H2,1H3,(H,18,19).